The molecule has 0 spiro atoms. The Balaban J connectivity index is 2.79. The molecule has 0 saturated heterocycles. The molecule has 108 valence electrons. The van der Waals surface area contributed by atoms with Crippen LogP contribution in [0.1, 0.15) is 15.9 Å². The second kappa shape index (κ2) is 6.76. The van der Waals surface area contributed by atoms with Crippen LogP contribution in [0.5, 0.6) is 0 Å². The van der Waals surface area contributed by atoms with Crippen molar-refractivity contribution in [1.29, 1.82) is 0 Å². The number of hydrogen-bond acceptors (Lipinski definition) is 5. The van der Waals surface area contributed by atoms with Gasteiger partial charge in [-0.2, -0.15) is 8.42 Å². The van der Waals surface area contributed by atoms with Gasteiger partial charge >= 0.3 is 5.97 Å². The van der Waals surface area contributed by atoms with E-state index in [4.69, 9.17) is 17.1 Å². The molecule has 0 bridgehead atoms. The quantitative estimate of drug-likeness (QED) is 0.467. The molecule has 0 aliphatic carbocycles. The molecule has 0 amide bonds. The molecule has 20 heavy (non-hydrogen) atoms. The summed E-state index contributed by atoms with van der Waals surface area (Å²) >= 11 is 0. The largest absolute Gasteiger partial charge is 0.461 e. The number of esters is 1. The van der Waals surface area contributed by atoms with Crippen LogP contribution in [0.3, 0.4) is 0 Å². The van der Waals surface area contributed by atoms with Gasteiger partial charge in [0.05, 0.1) is 13.4 Å². The first-order valence-corrected chi connectivity index (χ1v) is 7.48. The molecule has 2 radical (unpaired) electrons. The zero-order valence-electron chi connectivity index (χ0n) is 11.4. The molecule has 6 nitrogen and oxygen atoms in total. The summed E-state index contributed by atoms with van der Waals surface area (Å²) in [6.07, 6.45) is 0.264. The highest BCUT2D eigenvalue weighted by Crippen LogP contribution is 2.20. The average Bonchev–Trinajstić information content (AvgIpc) is 2.36. The number of ether oxygens (including phenoxy) is 1. The monoisotopic (exact) mass is 297 g/mol. The molecular formula is C12H16BNO5S. The first-order chi connectivity index (χ1) is 9.24. The van der Waals surface area contributed by atoms with Crippen molar-refractivity contribution in [1.82, 2.24) is 0 Å². The van der Waals surface area contributed by atoms with Crippen LogP contribution >= 0.6 is 0 Å². The van der Waals surface area contributed by atoms with Gasteiger partial charge in [-0.15, -0.1) is 0 Å². The molecule has 0 saturated carbocycles. The van der Waals surface area contributed by atoms with Crippen LogP contribution in [-0.4, -0.2) is 53.2 Å². The van der Waals surface area contributed by atoms with Crippen molar-refractivity contribution < 1.29 is 22.5 Å². The maximum absolute atomic E-state index is 11.7. The van der Waals surface area contributed by atoms with E-state index in [0.717, 1.165) is 11.3 Å². The van der Waals surface area contributed by atoms with Crippen LogP contribution in [0.15, 0.2) is 18.2 Å². The highest BCUT2D eigenvalue weighted by atomic mass is 32.2. The predicted molar refractivity (Wildman–Crippen MR) is 76.9 cm³/mol. The second-order valence-corrected chi connectivity index (χ2v) is 5.94. The van der Waals surface area contributed by atoms with Crippen LogP contribution in [-0.2, 0) is 21.2 Å². The summed E-state index contributed by atoms with van der Waals surface area (Å²) in [7, 11) is 5.21. The number of rotatable bonds is 6. The van der Waals surface area contributed by atoms with E-state index >= 15 is 0 Å². The Morgan fingerprint density at radius 2 is 2.05 bits per heavy atom. The first kappa shape index (κ1) is 16.5. The standard InChI is InChI=1S/C12H16BNO5S/c1-14(2)11-4-3-9(7-10(11)8-13)12(15)19-5-6-20(16,17)18/h3-4,7H,5-6,8H2,1-2H3,(H,16,17,18). The zero-order valence-corrected chi connectivity index (χ0v) is 12.2. The molecule has 0 atom stereocenters. The molecule has 8 heteroatoms. The van der Waals surface area contributed by atoms with Crippen molar-refractivity contribution in [2.45, 2.75) is 6.32 Å². The summed E-state index contributed by atoms with van der Waals surface area (Å²) in [5, 5.41) is 0. The lowest BCUT2D eigenvalue weighted by molar-refractivity contribution is 0.0528. The van der Waals surface area contributed by atoms with Crippen molar-refractivity contribution in [2.24, 2.45) is 0 Å². The fourth-order valence-corrected chi connectivity index (χ4v) is 1.93. The number of carbonyl (C=O) groups excluding carboxylic acids is 1. The molecular weight excluding hydrogens is 281 g/mol. The number of carbonyl (C=O) groups is 1. The lowest BCUT2D eigenvalue weighted by Gasteiger charge is -2.17. The number of hydrogen-bond donors (Lipinski definition) is 1. The van der Waals surface area contributed by atoms with E-state index in [0.29, 0.717) is 0 Å². The minimum absolute atomic E-state index is 0.264. The van der Waals surface area contributed by atoms with E-state index in [1.807, 2.05) is 19.0 Å². The Kier molecular flexibility index (Phi) is 5.58. The lowest BCUT2D eigenvalue weighted by Crippen LogP contribution is -2.16. The lowest BCUT2D eigenvalue weighted by atomic mass is 9.93. The van der Waals surface area contributed by atoms with Crippen LogP contribution in [0, 0.1) is 0 Å². The fourth-order valence-electron chi connectivity index (χ4n) is 1.64. The number of nitrogens with zero attached hydrogens (tertiary/aromatic N) is 1. The molecule has 0 heterocycles. The number of benzene rings is 1. The summed E-state index contributed by atoms with van der Waals surface area (Å²) in [4.78, 5) is 13.6. The van der Waals surface area contributed by atoms with Crippen molar-refractivity contribution in [2.75, 3.05) is 31.4 Å². The highest BCUT2D eigenvalue weighted by molar-refractivity contribution is 7.85. The highest BCUT2D eigenvalue weighted by Gasteiger charge is 2.12. The van der Waals surface area contributed by atoms with E-state index in [2.05, 4.69) is 0 Å². The van der Waals surface area contributed by atoms with Gasteiger partial charge in [0, 0.05) is 19.8 Å². The Morgan fingerprint density at radius 3 is 2.55 bits per heavy atom. The Hall–Kier alpha value is -1.54. The van der Waals surface area contributed by atoms with Gasteiger partial charge in [-0.05, 0) is 23.8 Å². The fraction of sp³-hybridized carbons (Fsp3) is 0.417. The van der Waals surface area contributed by atoms with Gasteiger partial charge in [-0.1, -0.05) is 6.32 Å². The molecule has 1 N–H and O–H groups in total. The molecule has 0 aliphatic heterocycles. The maximum Gasteiger partial charge on any atom is 0.338 e. The van der Waals surface area contributed by atoms with Crippen LogP contribution in [0.4, 0.5) is 5.69 Å². The summed E-state index contributed by atoms with van der Waals surface area (Å²) in [5.74, 6) is -1.29. The van der Waals surface area contributed by atoms with E-state index in [-0.39, 0.29) is 11.9 Å². The zero-order chi connectivity index (χ0) is 15.3. The van der Waals surface area contributed by atoms with Crippen LogP contribution in [0.2, 0.25) is 0 Å². The van der Waals surface area contributed by atoms with Crippen molar-refractivity contribution in [3.8, 4) is 0 Å². The summed E-state index contributed by atoms with van der Waals surface area (Å²) in [6.45, 7) is -0.398. The molecule has 0 aromatic heterocycles. The molecule has 1 aromatic carbocycles. The van der Waals surface area contributed by atoms with Crippen molar-refractivity contribution in [3.05, 3.63) is 29.3 Å². The summed E-state index contributed by atoms with van der Waals surface area (Å²) in [6, 6.07) is 4.91. The predicted octanol–water partition coefficient (Wildman–Crippen LogP) is 0.466. The topological polar surface area (TPSA) is 83.9 Å². The molecule has 0 fully saturated rings. The normalized spacial score (nSPS) is 11.2. The van der Waals surface area contributed by atoms with Crippen LogP contribution < -0.4 is 4.90 Å². The van der Waals surface area contributed by atoms with Crippen LogP contribution in [0.25, 0.3) is 0 Å². The third-order valence-electron chi connectivity index (χ3n) is 2.59. The summed E-state index contributed by atoms with van der Waals surface area (Å²) < 4.78 is 34.3. The van der Waals surface area contributed by atoms with E-state index in [1.165, 1.54) is 0 Å². The average molecular weight is 297 g/mol. The number of anilines is 1. The minimum atomic E-state index is -4.14. The van der Waals surface area contributed by atoms with Gasteiger partial charge in [0.1, 0.15) is 12.4 Å². The third kappa shape index (κ3) is 4.86. The molecule has 1 rings (SSSR count). The summed E-state index contributed by atoms with van der Waals surface area (Å²) in [5.41, 5.74) is 1.95. The van der Waals surface area contributed by atoms with Gasteiger partial charge < -0.3 is 9.64 Å². The van der Waals surface area contributed by atoms with Gasteiger partial charge in [-0.3, -0.25) is 4.55 Å². The van der Waals surface area contributed by atoms with Gasteiger partial charge in [0.25, 0.3) is 10.1 Å². The van der Waals surface area contributed by atoms with Gasteiger partial charge in [-0.25, -0.2) is 4.79 Å². The molecule has 0 aliphatic rings. The maximum atomic E-state index is 11.7. The smallest absolute Gasteiger partial charge is 0.338 e. The van der Waals surface area contributed by atoms with Gasteiger partial charge in [0.15, 0.2) is 0 Å². The van der Waals surface area contributed by atoms with E-state index < -0.39 is 28.4 Å². The van der Waals surface area contributed by atoms with Crippen molar-refractivity contribution >= 4 is 29.6 Å². The van der Waals surface area contributed by atoms with E-state index in [9.17, 15) is 13.2 Å². The Labute approximate surface area is 119 Å². The Bertz CT molecular complexity index is 586. The Morgan fingerprint density at radius 1 is 1.40 bits per heavy atom. The SMILES string of the molecule is [B]Cc1cc(C(=O)OCCS(=O)(=O)O)ccc1N(C)C. The minimum Gasteiger partial charge on any atom is -0.461 e. The molecule has 1 aromatic rings. The second-order valence-electron chi connectivity index (χ2n) is 4.36. The van der Waals surface area contributed by atoms with Crippen molar-refractivity contribution in [3.63, 3.8) is 0 Å². The van der Waals surface area contributed by atoms with Gasteiger partial charge in [0.2, 0.25) is 0 Å². The first-order valence-electron chi connectivity index (χ1n) is 5.87. The van der Waals surface area contributed by atoms with E-state index in [1.54, 1.807) is 18.2 Å². The third-order valence-corrected chi connectivity index (χ3v) is 3.27. The molecule has 0 unspecified atom stereocenters.